The molecule has 2 rings (SSSR count). The number of hydrogen-bond donors (Lipinski definition) is 0. The van der Waals surface area contributed by atoms with Crippen molar-refractivity contribution in [1.29, 1.82) is 0 Å². The molecule has 0 radical (unpaired) electrons. The molecule has 1 heterocycles. The molecule has 0 bridgehead atoms. The molecule has 0 atom stereocenters. The molecule has 16 heavy (non-hydrogen) atoms. The number of rotatable bonds is 2. The first-order chi connectivity index (χ1) is 7.68. The molecule has 4 nitrogen and oxygen atoms in total. The van der Waals surface area contributed by atoms with Gasteiger partial charge in [-0.3, -0.25) is 15.1 Å². The third-order valence-corrected chi connectivity index (χ3v) is 2.14. The van der Waals surface area contributed by atoms with Gasteiger partial charge in [-0.2, -0.15) is 0 Å². The molecule has 0 fully saturated rings. The average Bonchev–Trinajstić information content (AvgIpc) is 2.30. The van der Waals surface area contributed by atoms with Crippen LogP contribution in [-0.4, -0.2) is 9.91 Å². The Morgan fingerprint density at radius 2 is 2.12 bits per heavy atom. The molecule has 2 aromatic rings. The number of nitro benzene ring substituents is 1. The number of benzene rings is 1. The number of halogens is 1. The van der Waals surface area contributed by atoms with Gasteiger partial charge in [-0.05, 0) is 12.1 Å². The summed E-state index contributed by atoms with van der Waals surface area (Å²) in [5.41, 5.74) is 0.638. The van der Waals surface area contributed by atoms with E-state index in [1.165, 1.54) is 18.3 Å². The van der Waals surface area contributed by atoms with Crippen LogP contribution in [0.25, 0.3) is 11.1 Å². The number of nitro groups is 1. The van der Waals surface area contributed by atoms with Crippen LogP contribution in [0.4, 0.5) is 10.1 Å². The van der Waals surface area contributed by atoms with Gasteiger partial charge < -0.3 is 0 Å². The molecule has 0 saturated carbocycles. The topological polar surface area (TPSA) is 56.0 Å². The van der Waals surface area contributed by atoms with Crippen LogP contribution in [0.5, 0.6) is 0 Å². The first kappa shape index (κ1) is 10.2. The van der Waals surface area contributed by atoms with E-state index in [0.717, 1.165) is 6.07 Å². The summed E-state index contributed by atoms with van der Waals surface area (Å²) in [5, 5.41) is 10.4. The van der Waals surface area contributed by atoms with Crippen LogP contribution in [0, 0.1) is 15.9 Å². The maximum Gasteiger partial charge on any atom is 0.272 e. The maximum atomic E-state index is 13.6. The van der Waals surface area contributed by atoms with Crippen LogP contribution in [0.3, 0.4) is 0 Å². The van der Waals surface area contributed by atoms with Gasteiger partial charge in [-0.25, -0.2) is 4.39 Å². The third-order valence-electron chi connectivity index (χ3n) is 2.14. The lowest BCUT2D eigenvalue weighted by Crippen LogP contribution is -1.91. The lowest BCUT2D eigenvalue weighted by molar-refractivity contribution is -0.385. The first-order valence-electron chi connectivity index (χ1n) is 4.53. The molecule has 5 heteroatoms. The highest BCUT2D eigenvalue weighted by Gasteiger charge is 2.11. The summed E-state index contributed by atoms with van der Waals surface area (Å²) >= 11 is 0. The van der Waals surface area contributed by atoms with Crippen LogP contribution in [0.2, 0.25) is 0 Å². The predicted molar refractivity (Wildman–Crippen MR) is 56.3 cm³/mol. The second kappa shape index (κ2) is 4.06. The first-order valence-corrected chi connectivity index (χ1v) is 4.53. The SMILES string of the molecule is O=[N+]([O-])c1ccc(-c2cccnc2)c(F)c1. The van der Waals surface area contributed by atoms with Crippen LogP contribution in [0.15, 0.2) is 42.7 Å². The molecule has 0 aliphatic heterocycles. The van der Waals surface area contributed by atoms with E-state index in [9.17, 15) is 14.5 Å². The van der Waals surface area contributed by atoms with E-state index in [0.29, 0.717) is 11.1 Å². The summed E-state index contributed by atoms with van der Waals surface area (Å²) in [4.78, 5) is 13.7. The van der Waals surface area contributed by atoms with Crippen molar-refractivity contribution in [2.75, 3.05) is 0 Å². The van der Waals surface area contributed by atoms with Crippen molar-refractivity contribution in [2.24, 2.45) is 0 Å². The number of pyridine rings is 1. The highest BCUT2D eigenvalue weighted by molar-refractivity contribution is 5.64. The zero-order chi connectivity index (χ0) is 11.5. The number of non-ortho nitro benzene ring substituents is 1. The van der Waals surface area contributed by atoms with E-state index in [4.69, 9.17) is 0 Å². The monoisotopic (exact) mass is 218 g/mol. The van der Waals surface area contributed by atoms with Crippen molar-refractivity contribution in [3.63, 3.8) is 0 Å². The Hall–Kier alpha value is -2.30. The van der Waals surface area contributed by atoms with Gasteiger partial charge in [0.05, 0.1) is 11.0 Å². The lowest BCUT2D eigenvalue weighted by Gasteiger charge is -2.01. The van der Waals surface area contributed by atoms with E-state index < -0.39 is 10.7 Å². The van der Waals surface area contributed by atoms with Crippen molar-refractivity contribution in [2.45, 2.75) is 0 Å². The van der Waals surface area contributed by atoms with E-state index in [1.54, 1.807) is 18.3 Å². The van der Waals surface area contributed by atoms with E-state index >= 15 is 0 Å². The van der Waals surface area contributed by atoms with Gasteiger partial charge in [0.2, 0.25) is 0 Å². The number of hydrogen-bond acceptors (Lipinski definition) is 3. The summed E-state index contributed by atoms with van der Waals surface area (Å²) in [6.07, 6.45) is 3.08. The second-order valence-electron chi connectivity index (χ2n) is 3.16. The maximum absolute atomic E-state index is 13.6. The largest absolute Gasteiger partial charge is 0.272 e. The fourth-order valence-corrected chi connectivity index (χ4v) is 1.37. The standard InChI is InChI=1S/C11H7FN2O2/c12-11-6-9(14(15)16)3-4-10(11)8-2-1-5-13-7-8/h1-7H. The summed E-state index contributed by atoms with van der Waals surface area (Å²) in [5.74, 6) is -0.623. The van der Waals surface area contributed by atoms with Crippen molar-refractivity contribution in [1.82, 2.24) is 4.98 Å². The fourth-order valence-electron chi connectivity index (χ4n) is 1.37. The summed E-state index contributed by atoms with van der Waals surface area (Å²) < 4.78 is 13.6. The van der Waals surface area contributed by atoms with Crippen molar-refractivity contribution in [3.8, 4) is 11.1 Å². The van der Waals surface area contributed by atoms with Crippen LogP contribution in [0.1, 0.15) is 0 Å². The average molecular weight is 218 g/mol. The smallest absolute Gasteiger partial charge is 0.264 e. The van der Waals surface area contributed by atoms with Gasteiger partial charge in [-0.15, -0.1) is 0 Å². The molecule has 0 saturated heterocycles. The quantitative estimate of drug-likeness (QED) is 0.575. The zero-order valence-electron chi connectivity index (χ0n) is 8.13. The van der Waals surface area contributed by atoms with E-state index in [-0.39, 0.29) is 5.69 Å². The molecular weight excluding hydrogens is 211 g/mol. The Kier molecular flexibility index (Phi) is 2.59. The summed E-state index contributed by atoms with van der Waals surface area (Å²) in [6.45, 7) is 0. The molecule has 1 aromatic heterocycles. The molecule has 0 spiro atoms. The highest BCUT2D eigenvalue weighted by atomic mass is 19.1. The Morgan fingerprint density at radius 1 is 1.31 bits per heavy atom. The number of nitrogens with zero attached hydrogens (tertiary/aromatic N) is 2. The predicted octanol–water partition coefficient (Wildman–Crippen LogP) is 2.80. The molecular formula is C11H7FN2O2. The third kappa shape index (κ3) is 1.88. The minimum Gasteiger partial charge on any atom is -0.264 e. The normalized spacial score (nSPS) is 10.1. The van der Waals surface area contributed by atoms with Gasteiger partial charge in [0, 0.05) is 29.6 Å². The van der Waals surface area contributed by atoms with E-state index in [1.807, 2.05) is 0 Å². The number of aromatic nitrogens is 1. The van der Waals surface area contributed by atoms with Crippen molar-refractivity contribution >= 4 is 5.69 Å². The molecule has 0 unspecified atom stereocenters. The molecule has 80 valence electrons. The van der Waals surface area contributed by atoms with Crippen molar-refractivity contribution in [3.05, 3.63) is 58.7 Å². The summed E-state index contributed by atoms with van der Waals surface area (Å²) in [6, 6.07) is 6.92. The van der Waals surface area contributed by atoms with E-state index in [2.05, 4.69) is 4.98 Å². The molecule has 0 N–H and O–H groups in total. The van der Waals surface area contributed by atoms with Gasteiger partial charge in [0.15, 0.2) is 0 Å². The zero-order valence-corrected chi connectivity index (χ0v) is 8.13. The van der Waals surface area contributed by atoms with Gasteiger partial charge in [-0.1, -0.05) is 6.07 Å². The second-order valence-corrected chi connectivity index (χ2v) is 3.16. The van der Waals surface area contributed by atoms with Crippen LogP contribution in [-0.2, 0) is 0 Å². The Labute approximate surface area is 90.5 Å². The van der Waals surface area contributed by atoms with Crippen LogP contribution >= 0.6 is 0 Å². The lowest BCUT2D eigenvalue weighted by atomic mass is 10.1. The minimum atomic E-state index is -0.629. The Bertz CT molecular complexity index is 529. The van der Waals surface area contributed by atoms with Gasteiger partial charge in [0.25, 0.3) is 5.69 Å². The van der Waals surface area contributed by atoms with Gasteiger partial charge in [0.1, 0.15) is 5.82 Å². The fraction of sp³-hybridized carbons (Fsp3) is 0. The summed E-state index contributed by atoms with van der Waals surface area (Å²) in [7, 11) is 0. The van der Waals surface area contributed by atoms with Crippen LogP contribution < -0.4 is 0 Å². The van der Waals surface area contributed by atoms with Gasteiger partial charge >= 0.3 is 0 Å². The molecule has 1 aromatic carbocycles. The molecule has 0 amide bonds. The Morgan fingerprint density at radius 3 is 2.69 bits per heavy atom. The Balaban J connectivity index is 2.48. The minimum absolute atomic E-state index is 0.259. The molecule has 0 aliphatic rings. The molecule has 0 aliphatic carbocycles. The highest BCUT2D eigenvalue weighted by Crippen LogP contribution is 2.25. The van der Waals surface area contributed by atoms with Crippen molar-refractivity contribution < 1.29 is 9.31 Å².